The number of carbonyl (C=O) groups excluding carboxylic acids is 1. The molecule has 0 aliphatic carbocycles. The van der Waals surface area contributed by atoms with Crippen LogP contribution in [0.1, 0.15) is 35.7 Å². The molecule has 0 bridgehead atoms. The van der Waals surface area contributed by atoms with Gasteiger partial charge < -0.3 is 22.7 Å². The van der Waals surface area contributed by atoms with Crippen molar-refractivity contribution in [3.63, 3.8) is 0 Å². The Balaban J connectivity index is 0. The first-order valence-electron chi connectivity index (χ1n) is 6.27. The SMILES string of the molecule is CCc1ccc(C=O)cc1.N.NCCC[C@H](N)C(=O)O. The van der Waals surface area contributed by atoms with Crippen LogP contribution in [-0.2, 0) is 11.2 Å². The third kappa shape index (κ3) is 9.21. The molecule has 0 aliphatic rings. The van der Waals surface area contributed by atoms with Gasteiger partial charge in [0, 0.05) is 5.56 Å². The van der Waals surface area contributed by atoms with E-state index >= 15 is 0 Å². The number of benzene rings is 1. The Hall–Kier alpha value is -1.76. The lowest BCUT2D eigenvalue weighted by atomic mass is 10.1. The fourth-order valence-electron chi connectivity index (χ4n) is 1.29. The van der Waals surface area contributed by atoms with Crippen molar-refractivity contribution in [3.8, 4) is 0 Å². The molecule has 1 aromatic rings. The molecule has 0 heterocycles. The molecule has 20 heavy (non-hydrogen) atoms. The summed E-state index contributed by atoms with van der Waals surface area (Å²) in [5, 5.41) is 8.24. The van der Waals surface area contributed by atoms with Gasteiger partial charge in [0.05, 0.1) is 0 Å². The van der Waals surface area contributed by atoms with Gasteiger partial charge in [-0.1, -0.05) is 31.2 Å². The lowest BCUT2D eigenvalue weighted by Gasteiger charge is -2.02. The first-order chi connectivity index (χ1) is 9.04. The number of aryl methyl sites for hydroxylation is 1. The van der Waals surface area contributed by atoms with Crippen LogP contribution >= 0.6 is 0 Å². The molecule has 0 saturated heterocycles. The van der Waals surface area contributed by atoms with E-state index in [1.54, 1.807) is 0 Å². The Morgan fingerprint density at radius 2 is 1.90 bits per heavy atom. The Kier molecular flexibility index (Phi) is 12.6. The van der Waals surface area contributed by atoms with Crippen molar-refractivity contribution in [3.05, 3.63) is 35.4 Å². The highest BCUT2D eigenvalue weighted by atomic mass is 16.4. The van der Waals surface area contributed by atoms with Crippen LogP contribution in [0.2, 0.25) is 0 Å². The molecular weight excluding hydrogens is 258 g/mol. The summed E-state index contributed by atoms with van der Waals surface area (Å²) >= 11 is 0. The minimum Gasteiger partial charge on any atom is -0.480 e. The number of nitrogens with two attached hydrogens (primary N) is 2. The van der Waals surface area contributed by atoms with Crippen LogP contribution in [0, 0.1) is 0 Å². The second kappa shape index (κ2) is 12.3. The van der Waals surface area contributed by atoms with E-state index in [0.717, 1.165) is 18.3 Å². The Labute approximate surface area is 119 Å². The van der Waals surface area contributed by atoms with Gasteiger partial charge in [-0.3, -0.25) is 9.59 Å². The minimum absolute atomic E-state index is 0. The minimum atomic E-state index is -0.955. The quantitative estimate of drug-likeness (QED) is 0.581. The van der Waals surface area contributed by atoms with Crippen LogP contribution in [0.25, 0.3) is 0 Å². The van der Waals surface area contributed by atoms with Crippen molar-refractivity contribution in [1.29, 1.82) is 0 Å². The molecule has 0 fully saturated rings. The largest absolute Gasteiger partial charge is 0.480 e. The summed E-state index contributed by atoms with van der Waals surface area (Å²) in [6.07, 6.45) is 3.03. The van der Waals surface area contributed by atoms with Gasteiger partial charge >= 0.3 is 5.97 Å². The second-order valence-electron chi connectivity index (χ2n) is 4.09. The molecule has 0 unspecified atom stereocenters. The van der Waals surface area contributed by atoms with Crippen molar-refractivity contribution < 1.29 is 14.7 Å². The normalized spacial score (nSPS) is 10.6. The van der Waals surface area contributed by atoms with Crippen molar-refractivity contribution in [2.45, 2.75) is 32.2 Å². The molecule has 8 N–H and O–H groups in total. The number of aliphatic carboxylic acids is 1. The molecule has 6 heteroatoms. The summed E-state index contributed by atoms with van der Waals surface area (Å²) in [7, 11) is 0. The molecule has 6 nitrogen and oxygen atoms in total. The summed E-state index contributed by atoms with van der Waals surface area (Å²) in [6.45, 7) is 2.59. The van der Waals surface area contributed by atoms with Crippen molar-refractivity contribution in [1.82, 2.24) is 6.15 Å². The molecule has 0 aliphatic heterocycles. The molecule has 1 rings (SSSR count). The van der Waals surface area contributed by atoms with Crippen molar-refractivity contribution in [2.24, 2.45) is 11.5 Å². The first-order valence-corrected chi connectivity index (χ1v) is 6.27. The molecule has 0 spiro atoms. The van der Waals surface area contributed by atoms with E-state index in [4.69, 9.17) is 16.6 Å². The Morgan fingerprint density at radius 1 is 1.35 bits per heavy atom. The maximum atomic E-state index is 10.2. The molecule has 1 atom stereocenters. The van der Waals surface area contributed by atoms with Crippen LogP contribution in [0.5, 0.6) is 0 Å². The van der Waals surface area contributed by atoms with Crippen LogP contribution in [-0.4, -0.2) is 29.9 Å². The topological polar surface area (TPSA) is 141 Å². The fourth-order valence-corrected chi connectivity index (χ4v) is 1.29. The monoisotopic (exact) mass is 283 g/mol. The van der Waals surface area contributed by atoms with Gasteiger partial charge in [-0.15, -0.1) is 0 Å². The van der Waals surface area contributed by atoms with Gasteiger partial charge in [0.15, 0.2) is 0 Å². The van der Waals surface area contributed by atoms with Crippen LogP contribution in [0.3, 0.4) is 0 Å². The zero-order valence-corrected chi connectivity index (χ0v) is 11.9. The third-order valence-corrected chi connectivity index (χ3v) is 2.56. The van der Waals surface area contributed by atoms with Crippen molar-refractivity contribution >= 4 is 12.3 Å². The highest BCUT2D eigenvalue weighted by molar-refractivity contribution is 5.74. The zero-order chi connectivity index (χ0) is 14.7. The number of rotatable bonds is 6. The van der Waals surface area contributed by atoms with E-state index in [1.807, 2.05) is 24.3 Å². The van der Waals surface area contributed by atoms with Gasteiger partial charge in [0.2, 0.25) is 0 Å². The number of carboxylic acid groups (broad SMARTS) is 1. The van der Waals surface area contributed by atoms with Crippen LogP contribution < -0.4 is 17.6 Å². The van der Waals surface area contributed by atoms with Gasteiger partial charge in [-0.25, -0.2) is 0 Å². The first kappa shape index (κ1) is 20.6. The summed E-state index contributed by atoms with van der Waals surface area (Å²) in [4.78, 5) is 20.2. The number of hydrogen-bond acceptors (Lipinski definition) is 5. The standard InChI is InChI=1S/C9H10O.C5H12N2O2.H3N/c1-2-8-3-5-9(7-10)6-4-8;6-3-1-2-4(7)5(8)9;/h3-7H,2H2,1H3;4H,1-3,6-7H2,(H,8,9);1H3/t;4-;/m.0./s1. The average molecular weight is 283 g/mol. The van der Waals surface area contributed by atoms with Gasteiger partial charge in [-0.05, 0) is 31.4 Å². The predicted molar refractivity (Wildman–Crippen MR) is 80.1 cm³/mol. The molecule has 0 radical (unpaired) electrons. The zero-order valence-electron chi connectivity index (χ0n) is 11.9. The average Bonchev–Trinajstić information content (AvgIpc) is 2.45. The van der Waals surface area contributed by atoms with Crippen LogP contribution in [0.4, 0.5) is 0 Å². The molecule has 1 aromatic carbocycles. The summed E-state index contributed by atoms with van der Waals surface area (Å²) < 4.78 is 0. The molecule has 0 amide bonds. The molecule has 0 aromatic heterocycles. The highest BCUT2D eigenvalue weighted by Gasteiger charge is 2.08. The summed E-state index contributed by atoms with van der Waals surface area (Å²) in [6, 6.07) is 6.89. The maximum absolute atomic E-state index is 10.2. The lowest BCUT2D eigenvalue weighted by Crippen LogP contribution is -2.30. The highest BCUT2D eigenvalue weighted by Crippen LogP contribution is 2.01. The van der Waals surface area contributed by atoms with Gasteiger partial charge in [-0.2, -0.15) is 0 Å². The Bertz CT molecular complexity index is 380. The summed E-state index contributed by atoms with van der Waals surface area (Å²) in [5.41, 5.74) is 12.3. The van der Waals surface area contributed by atoms with E-state index in [-0.39, 0.29) is 6.15 Å². The van der Waals surface area contributed by atoms with E-state index in [0.29, 0.717) is 19.4 Å². The fraction of sp³-hybridized carbons (Fsp3) is 0.429. The smallest absolute Gasteiger partial charge is 0.320 e. The molecule has 114 valence electrons. The third-order valence-electron chi connectivity index (χ3n) is 2.56. The Morgan fingerprint density at radius 3 is 2.25 bits per heavy atom. The van der Waals surface area contributed by atoms with Crippen molar-refractivity contribution in [2.75, 3.05) is 6.54 Å². The predicted octanol–water partition coefficient (Wildman–Crippen LogP) is 1.36. The number of carbonyl (C=O) groups is 2. The van der Waals surface area contributed by atoms with E-state index in [1.165, 1.54) is 5.56 Å². The van der Waals surface area contributed by atoms with E-state index in [9.17, 15) is 9.59 Å². The molecular formula is C14H25N3O3. The lowest BCUT2D eigenvalue weighted by molar-refractivity contribution is -0.138. The number of carboxylic acids is 1. The summed E-state index contributed by atoms with van der Waals surface area (Å²) in [5.74, 6) is -0.955. The van der Waals surface area contributed by atoms with Gasteiger partial charge in [0.1, 0.15) is 12.3 Å². The number of hydrogen-bond donors (Lipinski definition) is 4. The molecule has 0 saturated carbocycles. The maximum Gasteiger partial charge on any atom is 0.320 e. The van der Waals surface area contributed by atoms with Gasteiger partial charge in [0.25, 0.3) is 0 Å². The number of aldehydes is 1. The van der Waals surface area contributed by atoms with E-state index in [2.05, 4.69) is 6.92 Å². The van der Waals surface area contributed by atoms with E-state index < -0.39 is 12.0 Å². The van der Waals surface area contributed by atoms with Crippen LogP contribution in [0.15, 0.2) is 24.3 Å². The second-order valence-corrected chi connectivity index (χ2v) is 4.09.